The van der Waals surface area contributed by atoms with E-state index >= 15 is 0 Å². The SMILES string of the molecule is CC(C)(C)NCCCCCN1CC2CCC(C1)O2. The summed E-state index contributed by atoms with van der Waals surface area (Å²) in [4.78, 5) is 2.61. The molecule has 2 rings (SSSR count). The Morgan fingerprint density at radius 1 is 1.06 bits per heavy atom. The molecule has 0 saturated carbocycles. The highest BCUT2D eigenvalue weighted by molar-refractivity contribution is 4.84. The molecule has 1 N–H and O–H groups in total. The molecule has 2 saturated heterocycles. The second-order valence-corrected chi connectivity index (χ2v) is 6.95. The Labute approximate surface area is 112 Å². The molecule has 0 aromatic rings. The van der Waals surface area contributed by atoms with Crippen molar-refractivity contribution in [2.75, 3.05) is 26.2 Å². The largest absolute Gasteiger partial charge is 0.372 e. The van der Waals surface area contributed by atoms with E-state index in [0.29, 0.717) is 12.2 Å². The number of nitrogens with zero attached hydrogens (tertiary/aromatic N) is 1. The Morgan fingerprint density at radius 2 is 1.72 bits per heavy atom. The van der Waals surface area contributed by atoms with Crippen LogP contribution in [-0.4, -0.2) is 48.8 Å². The highest BCUT2D eigenvalue weighted by Crippen LogP contribution is 2.26. The highest BCUT2D eigenvalue weighted by atomic mass is 16.5. The van der Waals surface area contributed by atoms with E-state index in [1.807, 2.05) is 0 Å². The van der Waals surface area contributed by atoms with Gasteiger partial charge in [-0.1, -0.05) is 6.42 Å². The van der Waals surface area contributed by atoms with Gasteiger partial charge < -0.3 is 10.1 Å². The van der Waals surface area contributed by atoms with Gasteiger partial charge in [-0.25, -0.2) is 0 Å². The lowest BCUT2D eigenvalue weighted by molar-refractivity contribution is -0.0385. The van der Waals surface area contributed by atoms with Gasteiger partial charge in [0.15, 0.2) is 0 Å². The minimum Gasteiger partial charge on any atom is -0.372 e. The molecule has 0 aromatic carbocycles. The van der Waals surface area contributed by atoms with Crippen molar-refractivity contribution in [2.24, 2.45) is 0 Å². The molecule has 3 heteroatoms. The molecular formula is C15H30N2O. The molecule has 0 spiro atoms. The van der Waals surface area contributed by atoms with Gasteiger partial charge in [0, 0.05) is 18.6 Å². The van der Waals surface area contributed by atoms with E-state index in [2.05, 4.69) is 31.0 Å². The molecular weight excluding hydrogens is 224 g/mol. The van der Waals surface area contributed by atoms with Gasteiger partial charge in [-0.2, -0.15) is 0 Å². The number of nitrogens with one attached hydrogen (secondary N) is 1. The van der Waals surface area contributed by atoms with Gasteiger partial charge in [0.1, 0.15) is 0 Å². The number of hydrogen-bond acceptors (Lipinski definition) is 3. The zero-order valence-corrected chi connectivity index (χ0v) is 12.4. The normalized spacial score (nSPS) is 28.8. The number of rotatable bonds is 6. The summed E-state index contributed by atoms with van der Waals surface area (Å²) in [6.45, 7) is 11.5. The molecule has 2 bridgehead atoms. The first-order chi connectivity index (χ1) is 8.53. The van der Waals surface area contributed by atoms with Crippen molar-refractivity contribution in [3.8, 4) is 0 Å². The van der Waals surface area contributed by atoms with Crippen molar-refractivity contribution in [1.29, 1.82) is 0 Å². The van der Waals surface area contributed by atoms with Crippen LogP contribution in [-0.2, 0) is 4.74 Å². The van der Waals surface area contributed by atoms with Crippen LogP contribution < -0.4 is 5.32 Å². The lowest BCUT2D eigenvalue weighted by Gasteiger charge is -2.32. The number of morpholine rings is 1. The molecule has 2 atom stereocenters. The maximum Gasteiger partial charge on any atom is 0.0707 e. The summed E-state index contributed by atoms with van der Waals surface area (Å²) in [5, 5.41) is 3.55. The Hall–Kier alpha value is -0.120. The summed E-state index contributed by atoms with van der Waals surface area (Å²) in [6.07, 6.45) is 7.65. The van der Waals surface area contributed by atoms with Crippen LogP contribution in [0.2, 0.25) is 0 Å². The zero-order valence-electron chi connectivity index (χ0n) is 12.4. The molecule has 2 aliphatic rings. The molecule has 0 aromatic heterocycles. The van der Waals surface area contributed by atoms with Crippen LogP contribution >= 0.6 is 0 Å². The summed E-state index contributed by atoms with van der Waals surface area (Å²) in [7, 11) is 0. The van der Waals surface area contributed by atoms with E-state index in [-0.39, 0.29) is 5.54 Å². The fourth-order valence-corrected chi connectivity index (χ4v) is 2.98. The predicted octanol–water partition coefficient (Wildman–Crippen LogP) is 2.41. The number of ether oxygens (including phenoxy) is 1. The van der Waals surface area contributed by atoms with Gasteiger partial charge in [-0.05, 0) is 59.5 Å². The maximum absolute atomic E-state index is 5.86. The lowest BCUT2D eigenvalue weighted by atomic mass is 10.1. The van der Waals surface area contributed by atoms with E-state index in [4.69, 9.17) is 4.74 Å². The highest BCUT2D eigenvalue weighted by Gasteiger charge is 2.33. The van der Waals surface area contributed by atoms with E-state index in [0.717, 1.165) is 6.54 Å². The molecule has 0 radical (unpaired) electrons. The van der Waals surface area contributed by atoms with Gasteiger partial charge in [-0.3, -0.25) is 4.90 Å². The van der Waals surface area contributed by atoms with Crippen LogP contribution in [0.25, 0.3) is 0 Å². The Balaban J connectivity index is 1.49. The molecule has 2 aliphatic heterocycles. The first-order valence-corrected chi connectivity index (χ1v) is 7.66. The van der Waals surface area contributed by atoms with E-state index in [1.165, 1.54) is 51.7 Å². The number of hydrogen-bond donors (Lipinski definition) is 1. The second kappa shape index (κ2) is 6.36. The molecule has 2 heterocycles. The van der Waals surface area contributed by atoms with Crippen LogP contribution in [0.5, 0.6) is 0 Å². The third kappa shape index (κ3) is 4.87. The molecule has 106 valence electrons. The summed E-state index contributed by atoms with van der Waals surface area (Å²) < 4.78 is 5.86. The minimum atomic E-state index is 0.267. The van der Waals surface area contributed by atoms with Crippen LogP contribution in [0.15, 0.2) is 0 Å². The number of likely N-dealkylation sites (tertiary alicyclic amines) is 1. The van der Waals surface area contributed by atoms with Gasteiger partial charge in [0.25, 0.3) is 0 Å². The molecule has 0 amide bonds. The topological polar surface area (TPSA) is 24.5 Å². The third-order valence-corrected chi connectivity index (χ3v) is 3.93. The Kier molecular flexibility index (Phi) is 5.05. The molecule has 3 nitrogen and oxygen atoms in total. The third-order valence-electron chi connectivity index (χ3n) is 3.93. The van der Waals surface area contributed by atoms with Crippen LogP contribution in [0.1, 0.15) is 52.9 Å². The second-order valence-electron chi connectivity index (χ2n) is 6.95. The van der Waals surface area contributed by atoms with E-state index < -0.39 is 0 Å². The standard InChI is InChI=1S/C15H30N2O/c1-15(2,3)16-9-5-4-6-10-17-11-13-7-8-14(12-17)18-13/h13-14,16H,4-12H2,1-3H3. The summed E-state index contributed by atoms with van der Waals surface area (Å²) in [5.74, 6) is 0. The summed E-state index contributed by atoms with van der Waals surface area (Å²) in [5.41, 5.74) is 0.267. The monoisotopic (exact) mass is 254 g/mol. The molecule has 2 unspecified atom stereocenters. The van der Waals surface area contributed by atoms with Gasteiger partial charge in [-0.15, -0.1) is 0 Å². The van der Waals surface area contributed by atoms with Gasteiger partial charge >= 0.3 is 0 Å². The minimum absolute atomic E-state index is 0.267. The average Bonchev–Trinajstić information content (AvgIpc) is 2.62. The van der Waals surface area contributed by atoms with Crippen molar-refractivity contribution in [3.63, 3.8) is 0 Å². The van der Waals surface area contributed by atoms with Gasteiger partial charge in [0.2, 0.25) is 0 Å². The molecule has 0 aliphatic carbocycles. The predicted molar refractivity (Wildman–Crippen MR) is 75.9 cm³/mol. The fraction of sp³-hybridized carbons (Fsp3) is 1.00. The van der Waals surface area contributed by atoms with Crippen molar-refractivity contribution in [2.45, 2.75) is 70.6 Å². The van der Waals surface area contributed by atoms with Crippen molar-refractivity contribution >= 4 is 0 Å². The van der Waals surface area contributed by atoms with Crippen molar-refractivity contribution in [1.82, 2.24) is 10.2 Å². The number of fused-ring (bicyclic) bond motifs is 2. The van der Waals surface area contributed by atoms with E-state index in [1.54, 1.807) is 0 Å². The fourth-order valence-electron chi connectivity index (χ4n) is 2.98. The van der Waals surface area contributed by atoms with E-state index in [9.17, 15) is 0 Å². The maximum atomic E-state index is 5.86. The van der Waals surface area contributed by atoms with Crippen LogP contribution in [0.3, 0.4) is 0 Å². The average molecular weight is 254 g/mol. The molecule has 2 fully saturated rings. The lowest BCUT2D eigenvalue weighted by Crippen LogP contribution is -2.42. The zero-order chi connectivity index (χ0) is 13.0. The summed E-state index contributed by atoms with van der Waals surface area (Å²) >= 11 is 0. The Bertz CT molecular complexity index is 237. The smallest absolute Gasteiger partial charge is 0.0707 e. The van der Waals surface area contributed by atoms with Crippen LogP contribution in [0.4, 0.5) is 0 Å². The quantitative estimate of drug-likeness (QED) is 0.737. The van der Waals surface area contributed by atoms with Crippen molar-refractivity contribution < 1.29 is 4.74 Å². The molecule has 18 heavy (non-hydrogen) atoms. The first-order valence-electron chi connectivity index (χ1n) is 7.66. The summed E-state index contributed by atoms with van der Waals surface area (Å²) in [6, 6.07) is 0. The van der Waals surface area contributed by atoms with Gasteiger partial charge in [0.05, 0.1) is 12.2 Å². The van der Waals surface area contributed by atoms with Crippen molar-refractivity contribution in [3.05, 3.63) is 0 Å². The first kappa shape index (κ1) is 14.3. The number of unbranched alkanes of at least 4 members (excludes halogenated alkanes) is 2. The Morgan fingerprint density at radius 3 is 2.33 bits per heavy atom. The van der Waals surface area contributed by atoms with Crippen LogP contribution in [0, 0.1) is 0 Å².